The average molecular weight is 501 g/mol. The fourth-order valence-electron chi connectivity index (χ4n) is 2.59. The van der Waals surface area contributed by atoms with Crippen LogP contribution in [0.4, 0.5) is 11.5 Å². The molecule has 2 aromatic carbocycles. The number of carboxylic acids is 1. The highest BCUT2D eigenvalue weighted by molar-refractivity contribution is 9.10. The van der Waals surface area contributed by atoms with E-state index in [1.807, 2.05) is 0 Å². The van der Waals surface area contributed by atoms with Gasteiger partial charge >= 0.3 is 5.97 Å². The van der Waals surface area contributed by atoms with E-state index in [4.69, 9.17) is 14.6 Å². The molecule has 0 fully saturated rings. The van der Waals surface area contributed by atoms with Crippen LogP contribution in [-0.2, 0) is 6.61 Å². The predicted octanol–water partition coefficient (Wildman–Crippen LogP) is 4.48. The van der Waals surface area contributed by atoms with E-state index < -0.39 is 10.9 Å². The van der Waals surface area contributed by atoms with Crippen molar-refractivity contribution >= 4 is 39.6 Å². The SMILES string of the molecule is COc1cc(/C=N/Nc2ccc([N+](=O)[O-])cn2)cc(Br)c1OCc1ccc(C(=O)O)cc1. The summed E-state index contributed by atoms with van der Waals surface area (Å²) in [5, 5.41) is 23.7. The van der Waals surface area contributed by atoms with Gasteiger partial charge in [0.2, 0.25) is 0 Å². The number of nitrogens with one attached hydrogen (secondary N) is 1. The molecule has 0 aliphatic heterocycles. The van der Waals surface area contributed by atoms with Gasteiger partial charge in [-0.2, -0.15) is 5.10 Å². The van der Waals surface area contributed by atoms with Crippen molar-refractivity contribution in [2.75, 3.05) is 12.5 Å². The van der Waals surface area contributed by atoms with Crippen LogP contribution in [0.3, 0.4) is 0 Å². The van der Waals surface area contributed by atoms with Gasteiger partial charge in [-0.1, -0.05) is 12.1 Å². The van der Waals surface area contributed by atoms with Crippen LogP contribution in [0, 0.1) is 10.1 Å². The third-order valence-electron chi connectivity index (χ3n) is 4.19. The third kappa shape index (κ3) is 5.79. The number of anilines is 1. The lowest BCUT2D eigenvalue weighted by molar-refractivity contribution is -0.385. The second-order valence-electron chi connectivity index (χ2n) is 6.35. The van der Waals surface area contributed by atoms with E-state index in [0.29, 0.717) is 27.4 Å². The minimum atomic E-state index is -0.988. The number of aromatic nitrogens is 1. The van der Waals surface area contributed by atoms with E-state index in [2.05, 4.69) is 31.4 Å². The Morgan fingerprint density at radius 3 is 2.62 bits per heavy atom. The summed E-state index contributed by atoms with van der Waals surface area (Å²) in [5.74, 6) is 0.318. The van der Waals surface area contributed by atoms with Crippen molar-refractivity contribution in [1.82, 2.24) is 4.98 Å². The molecular formula is C21H17BrN4O6. The zero-order chi connectivity index (χ0) is 23.1. The molecule has 0 bridgehead atoms. The van der Waals surface area contributed by atoms with E-state index in [0.717, 1.165) is 11.8 Å². The quantitative estimate of drug-likeness (QED) is 0.249. The summed E-state index contributed by atoms with van der Waals surface area (Å²) >= 11 is 3.46. The van der Waals surface area contributed by atoms with Gasteiger partial charge < -0.3 is 14.6 Å². The maximum Gasteiger partial charge on any atom is 0.335 e. The average Bonchev–Trinajstić information content (AvgIpc) is 2.78. The van der Waals surface area contributed by atoms with Gasteiger partial charge in [0.15, 0.2) is 11.5 Å². The summed E-state index contributed by atoms with van der Waals surface area (Å²) in [4.78, 5) is 25.0. The molecule has 0 radical (unpaired) electrons. The fraction of sp³-hybridized carbons (Fsp3) is 0.0952. The van der Waals surface area contributed by atoms with Crippen LogP contribution in [0.15, 0.2) is 64.3 Å². The number of hydrazone groups is 1. The van der Waals surface area contributed by atoms with E-state index in [-0.39, 0.29) is 17.9 Å². The number of nitrogens with zero attached hydrogens (tertiary/aromatic N) is 3. The molecule has 2 N–H and O–H groups in total. The van der Waals surface area contributed by atoms with Crippen LogP contribution in [0.5, 0.6) is 11.5 Å². The molecule has 32 heavy (non-hydrogen) atoms. The lowest BCUT2D eigenvalue weighted by atomic mass is 10.1. The first-order valence-electron chi connectivity index (χ1n) is 9.09. The number of carbonyl (C=O) groups is 1. The number of pyridine rings is 1. The number of methoxy groups -OCH3 is 1. The summed E-state index contributed by atoms with van der Waals surface area (Å²) in [6, 6.07) is 12.7. The first-order valence-corrected chi connectivity index (χ1v) is 9.88. The van der Waals surface area contributed by atoms with Crippen LogP contribution in [0.1, 0.15) is 21.5 Å². The lowest BCUT2D eigenvalue weighted by Gasteiger charge is -2.13. The molecule has 0 unspecified atom stereocenters. The highest BCUT2D eigenvalue weighted by atomic mass is 79.9. The minimum Gasteiger partial charge on any atom is -0.493 e. The molecule has 0 spiro atoms. The number of rotatable bonds is 9. The Morgan fingerprint density at radius 1 is 1.28 bits per heavy atom. The van der Waals surface area contributed by atoms with Crippen molar-refractivity contribution in [1.29, 1.82) is 0 Å². The smallest absolute Gasteiger partial charge is 0.335 e. The number of carboxylic acid groups (broad SMARTS) is 1. The number of nitro groups is 1. The molecule has 0 amide bonds. The van der Waals surface area contributed by atoms with Gasteiger partial charge in [-0.05, 0) is 57.4 Å². The van der Waals surface area contributed by atoms with E-state index in [1.54, 1.807) is 24.3 Å². The number of hydrogen-bond acceptors (Lipinski definition) is 8. The highest BCUT2D eigenvalue weighted by Gasteiger charge is 2.12. The summed E-state index contributed by atoms with van der Waals surface area (Å²) in [6.07, 6.45) is 2.67. The van der Waals surface area contributed by atoms with Crippen LogP contribution in [-0.4, -0.2) is 34.3 Å². The van der Waals surface area contributed by atoms with Gasteiger partial charge in [-0.3, -0.25) is 15.5 Å². The maximum atomic E-state index is 10.9. The summed E-state index contributed by atoms with van der Waals surface area (Å²) in [5.41, 5.74) is 4.29. The van der Waals surface area contributed by atoms with Crippen LogP contribution in [0.2, 0.25) is 0 Å². The number of benzene rings is 2. The molecule has 164 valence electrons. The molecule has 10 nitrogen and oxygen atoms in total. The molecule has 0 saturated heterocycles. The highest BCUT2D eigenvalue weighted by Crippen LogP contribution is 2.36. The van der Waals surface area contributed by atoms with E-state index in [1.165, 1.54) is 37.6 Å². The monoisotopic (exact) mass is 500 g/mol. The molecule has 11 heteroatoms. The van der Waals surface area contributed by atoms with Crippen molar-refractivity contribution in [2.24, 2.45) is 5.10 Å². The summed E-state index contributed by atoms with van der Waals surface area (Å²) in [7, 11) is 1.51. The van der Waals surface area contributed by atoms with Crippen LogP contribution >= 0.6 is 15.9 Å². The van der Waals surface area contributed by atoms with Gasteiger partial charge in [0, 0.05) is 6.07 Å². The largest absolute Gasteiger partial charge is 0.493 e. The van der Waals surface area contributed by atoms with Gasteiger partial charge in [0.25, 0.3) is 5.69 Å². The van der Waals surface area contributed by atoms with Crippen molar-refractivity contribution in [3.8, 4) is 11.5 Å². The zero-order valence-corrected chi connectivity index (χ0v) is 18.3. The number of halogens is 1. The molecular weight excluding hydrogens is 484 g/mol. The minimum absolute atomic E-state index is 0.110. The molecule has 0 saturated carbocycles. The molecule has 1 heterocycles. The molecule has 0 aliphatic carbocycles. The Kier molecular flexibility index (Phi) is 7.34. The van der Waals surface area contributed by atoms with Gasteiger partial charge in [-0.25, -0.2) is 9.78 Å². The van der Waals surface area contributed by atoms with Crippen LogP contribution in [0.25, 0.3) is 0 Å². The second-order valence-corrected chi connectivity index (χ2v) is 7.21. The Bertz CT molecular complexity index is 1150. The number of ether oxygens (including phenoxy) is 2. The molecule has 3 aromatic rings. The summed E-state index contributed by atoms with van der Waals surface area (Å²) in [6.45, 7) is 0.218. The molecule has 3 rings (SSSR count). The molecule has 0 atom stereocenters. The van der Waals surface area contributed by atoms with Crippen LogP contribution < -0.4 is 14.9 Å². The Labute approximate surface area is 190 Å². The number of aromatic carboxylic acids is 1. The van der Waals surface area contributed by atoms with Crippen molar-refractivity contribution < 1.29 is 24.3 Å². The maximum absolute atomic E-state index is 10.9. The van der Waals surface area contributed by atoms with Crippen molar-refractivity contribution in [3.63, 3.8) is 0 Å². The lowest BCUT2D eigenvalue weighted by Crippen LogP contribution is -2.01. The molecule has 0 aliphatic rings. The fourth-order valence-corrected chi connectivity index (χ4v) is 3.16. The van der Waals surface area contributed by atoms with Gasteiger partial charge in [0.1, 0.15) is 18.6 Å². The topological polar surface area (TPSA) is 136 Å². The van der Waals surface area contributed by atoms with E-state index >= 15 is 0 Å². The summed E-state index contributed by atoms with van der Waals surface area (Å²) < 4.78 is 11.9. The standard InChI is InChI=1S/C21H17BrN4O6/c1-31-18-9-14(10-24-25-19-7-6-16(11-23-19)26(29)30)8-17(22)20(18)32-12-13-2-4-15(5-3-13)21(27)28/h2-11H,12H2,1H3,(H,23,25)(H,27,28)/b24-10+. The predicted molar refractivity (Wildman–Crippen MR) is 121 cm³/mol. The van der Waals surface area contributed by atoms with Crippen molar-refractivity contribution in [3.05, 3.63) is 86.0 Å². The molecule has 1 aromatic heterocycles. The Morgan fingerprint density at radius 2 is 2.03 bits per heavy atom. The van der Waals surface area contributed by atoms with E-state index in [9.17, 15) is 14.9 Å². The van der Waals surface area contributed by atoms with Gasteiger partial charge in [0.05, 0.1) is 28.3 Å². The second kappa shape index (κ2) is 10.4. The first-order chi connectivity index (χ1) is 15.4. The van der Waals surface area contributed by atoms with Gasteiger partial charge in [-0.15, -0.1) is 0 Å². The Balaban J connectivity index is 1.67. The van der Waals surface area contributed by atoms with Crippen molar-refractivity contribution in [2.45, 2.75) is 6.61 Å². The Hall–Kier alpha value is -3.99. The zero-order valence-electron chi connectivity index (χ0n) is 16.7. The first kappa shape index (κ1) is 22.7. The normalized spacial score (nSPS) is 10.7. The number of hydrogen-bond donors (Lipinski definition) is 2. The third-order valence-corrected chi connectivity index (χ3v) is 4.78.